The van der Waals surface area contributed by atoms with Crippen molar-refractivity contribution in [1.82, 2.24) is 5.32 Å². The molecule has 0 radical (unpaired) electrons. The molecule has 6 nitrogen and oxygen atoms in total. The van der Waals surface area contributed by atoms with Crippen LogP contribution in [-0.4, -0.2) is 34.9 Å². The largest absolute Gasteiger partial charge is 0.480 e. The third-order valence-corrected chi connectivity index (χ3v) is 3.28. The van der Waals surface area contributed by atoms with Crippen molar-refractivity contribution < 1.29 is 19.8 Å². The summed E-state index contributed by atoms with van der Waals surface area (Å²) in [6.07, 6.45) is 0. The molecule has 2 amide bonds. The Morgan fingerprint density at radius 2 is 2.11 bits per heavy atom. The number of hydrogen-bond donors (Lipinski definition) is 4. The number of urea groups is 1. The first-order valence-corrected chi connectivity index (χ1v) is 5.91. The summed E-state index contributed by atoms with van der Waals surface area (Å²) in [5, 5.41) is 22.1. The number of halogens is 1. The second kappa shape index (κ2) is 6.36. The summed E-state index contributed by atoms with van der Waals surface area (Å²) in [6.45, 7) is 1.19. The van der Waals surface area contributed by atoms with Gasteiger partial charge in [-0.2, -0.15) is 0 Å². The van der Waals surface area contributed by atoms with Gasteiger partial charge in [0.05, 0.1) is 12.3 Å². The van der Waals surface area contributed by atoms with Crippen LogP contribution in [0.1, 0.15) is 5.56 Å². The Morgan fingerprint density at radius 3 is 2.67 bits per heavy atom. The van der Waals surface area contributed by atoms with E-state index in [2.05, 4.69) is 26.6 Å². The van der Waals surface area contributed by atoms with Crippen molar-refractivity contribution in [2.75, 3.05) is 11.9 Å². The summed E-state index contributed by atoms with van der Waals surface area (Å²) < 4.78 is 0.719. The van der Waals surface area contributed by atoms with Gasteiger partial charge in [-0.1, -0.05) is 12.1 Å². The van der Waals surface area contributed by atoms with E-state index in [0.29, 0.717) is 5.69 Å². The molecule has 18 heavy (non-hydrogen) atoms. The molecule has 1 atom stereocenters. The molecule has 0 aliphatic heterocycles. The summed E-state index contributed by atoms with van der Waals surface area (Å²) in [6, 6.07) is 3.28. The number of carbonyl (C=O) groups is 2. The topological polar surface area (TPSA) is 98.7 Å². The number of nitrogens with one attached hydrogen (secondary N) is 2. The maximum Gasteiger partial charge on any atom is 0.328 e. The summed E-state index contributed by atoms with van der Waals surface area (Å²) in [4.78, 5) is 22.2. The van der Waals surface area contributed by atoms with Gasteiger partial charge in [0.2, 0.25) is 0 Å². The van der Waals surface area contributed by atoms with E-state index in [1.807, 2.05) is 13.0 Å². The molecule has 1 aromatic carbocycles. The fraction of sp³-hybridized carbons (Fsp3) is 0.273. The molecule has 0 aliphatic rings. The zero-order chi connectivity index (χ0) is 13.7. The molecular formula is C11H13BrN2O4. The monoisotopic (exact) mass is 316 g/mol. The third-order valence-electron chi connectivity index (χ3n) is 2.23. The van der Waals surface area contributed by atoms with Crippen molar-refractivity contribution in [1.29, 1.82) is 0 Å². The summed E-state index contributed by atoms with van der Waals surface area (Å²) >= 11 is 3.31. The molecule has 1 aromatic rings. The number of aryl methyl sites for hydroxylation is 1. The van der Waals surface area contributed by atoms with Gasteiger partial charge in [-0.15, -0.1) is 0 Å². The van der Waals surface area contributed by atoms with Crippen LogP contribution in [0.3, 0.4) is 0 Å². The predicted molar refractivity (Wildman–Crippen MR) is 69.5 cm³/mol. The standard InChI is InChI=1S/C11H13BrN2O4/c1-6-3-2-4-7(9(6)12)13-11(18)14-8(5-15)10(16)17/h2-4,8,15H,5H2,1H3,(H,16,17)(H2,13,14,18). The van der Waals surface area contributed by atoms with Crippen LogP contribution in [0, 0.1) is 6.92 Å². The number of hydrogen-bond acceptors (Lipinski definition) is 3. The Labute approximate surface area is 112 Å². The van der Waals surface area contributed by atoms with Gasteiger partial charge in [0, 0.05) is 4.47 Å². The minimum Gasteiger partial charge on any atom is -0.480 e. The Bertz CT molecular complexity index is 464. The van der Waals surface area contributed by atoms with Crippen molar-refractivity contribution in [2.24, 2.45) is 0 Å². The smallest absolute Gasteiger partial charge is 0.328 e. The SMILES string of the molecule is Cc1cccc(NC(=O)NC(CO)C(=O)O)c1Br. The molecular weight excluding hydrogens is 304 g/mol. The number of rotatable bonds is 4. The Hall–Kier alpha value is -1.60. The molecule has 0 bridgehead atoms. The zero-order valence-corrected chi connectivity index (χ0v) is 11.2. The molecule has 0 spiro atoms. The van der Waals surface area contributed by atoms with Crippen LogP contribution in [0.2, 0.25) is 0 Å². The number of aliphatic carboxylic acids is 1. The van der Waals surface area contributed by atoms with Crippen LogP contribution in [0.25, 0.3) is 0 Å². The van der Waals surface area contributed by atoms with E-state index in [1.54, 1.807) is 12.1 Å². The van der Waals surface area contributed by atoms with Crippen LogP contribution in [-0.2, 0) is 4.79 Å². The van der Waals surface area contributed by atoms with Crippen LogP contribution < -0.4 is 10.6 Å². The molecule has 7 heteroatoms. The van der Waals surface area contributed by atoms with Gasteiger partial charge in [-0.25, -0.2) is 9.59 Å². The van der Waals surface area contributed by atoms with Crippen molar-refractivity contribution in [3.63, 3.8) is 0 Å². The summed E-state index contributed by atoms with van der Waals surface area (Å²) in [5.74, 6) is -1.30. The normalized spacial score (nSPS) is 11.7. The van der Waals surface area contributed by atoms with E-state index in [0.717, 1.165) is 10.0 Å². The molecule has 1 rings (SSSR count). The van der Waals surface area contributed by atoms with Crippen molar-refractivity contribution in [2.45, 2.75) is 13.0 Å². The number of aliphatic hydroxyl groups is 1. The number of carboxylic acids is 1. The van der Waals surface area contributed by atoms with E-state index in [1.165, 1.54) is 0 Å². The molecule has 0 aromatic heterocycles. The summed E-state index contributed by atoms with van der Waals surface area (Å²) in [7, 11) is 0. The fourth-order valence-corrected chi connectivity index (χ4v) is 1.61. The molecule has 98 valence electrons. The van der Waals surface area contributed by atoms with Gasteiger partial charge in [0.15, 0.2) is 6.04 Å². The number of aliphatic hydroxyl groups excluding tert-OH is 1. The lowest BCUT2D eigenvalue weighted by molar-refractivity contribution is -0.140. The number of carbonyl (C=O) groups excluding carboxylic acids is 1. The van der Waals surface area contributed by atoms with Crippen LogP contribution >= 0.6 is 15.9 Å². The van der Waals surface area contributed by atoms with Crippen molar-refractivity contribution in [3.05, 3.63) is 28.2 Å². The van der Waals surface area contributed by atoms with Crippen LogP contribution in [0.4, 0.5) is 10.5 Å². The van der Waals surface area contributed by atoms with Gasteiger partial charge in [-0.05, 0) is 34.5 Å². The van der Waals surface area contributed by atoms with Crippen molar-refractivity contribution in [3.8, 4) is 0 Å². The van der Waals surface area contributed by atoms with E-state index < -0.39 is 24.6 Å². The van der Waals surface area contributed by atoms with E-state index in [-0.39, 0.29) is 0 Å². The first-order chi connectivity index (χ1) is 8.45. The number of amides is 2. The fourth-order valence-electron chi connectivity index (χ4n) is 1.25. The minimum atomic E-state index is -1.33. The van der Waals surface area contributed by atoms with Gasteiger partial charge in [0.1, 0.15) is 0 Å². The van der Waals surface area contributed by atoms with Crippen molar-refractivity contribution >= 4 is 33.6 Å². The Kier molecular flexibility index (Phi) is 5.11. The average Bonchev–Trinajstić information content (AvgIpc) is 2.31. The number of anilines is 1. The first-order valence-electron chi connectivity index (χ1n) is 5.12. The maximum atomic E-state index is 11.5. The quantitative estimate of drug-likeness (QED) is 0.673. The molecule has 0 heterocycles. The highest BCUT2D eigenvalue weighted by molar-refractivity contribution is 9.10. The molecule has 4 N–H and O–H groups in total. The molecule has 1 unspecified atom stereocenters. The van der Waals surface area contributed by atoms with Gasteiger partial charge in [0.25, 0.3) is 0 Å². The number of benzene rings is 1. The molecule has 0 saturated carbocycles. The predicted octanol–water partition coefficient (Wildman–Crippen LogP) is 1.32. The van der Waals surface area contributed by atoms with Gasteiger partial charge in [-0.3, -0.25) is 0 Å². The average molecular weight is 317 g/mol. The maximum absolute atomic E-state index is 11.5. The van der Waals surface area contributed by atoms with Gasteiger partial charge >= 0.3 is 12.0 Å². The lowest BCUT2D eigenvalue weighted by atomic mass is 10.2. The van der Waals surface area contributed by atoms with E-state index in [9.17, 15) is 9.59 Å². The highest BCUT2D eigenvalue weighted by Crippen LogP contribution is 2.25. The minimum absolute atomic E-state index is 0.523. The second-order valence-electron chi connectivity index (χ2n) is 3.61. The van der Waals surface area contributed by atoms with Crippen LogP contribution in [0.5, 0.6) is 0 Å². The lowest BCUT2D eigenvalue weighted by Crippen LogP contribution is -2.45. The van der Waals surface area contributed by atoms with Gasteiger partial charge < -0.3 is 20.8 Å². The highest BCUT2D eigenvalue weighted by atomic mass is 79.9. The summed E-state index contributed by atoms with van der Waals surface area (Å²) in [5.41, 5.74) is 1.46. The van der Waals surface area contributed by atoms with Crippen LogP contribution in [0.15, 0.2) is 22.7 Å². The lowest BCUT2D eigenvalue weighted by Gasteiger charge is -2.14. The molecule has 0 saturated heterocycles. The Balaban J connectivity index is 2.70. The highest BCUT2D eigenvalue weighted by Gasteiger charge is 2.19. The zero-order valence-electron chi connectivity index (χ0n) is 9.61. The number of carboxylic acid groups (broad SMARTS) is 1. The van der Waals surface area contributed by atoms with E-state index in [4.69, 9.17) is 10.2 Å². The van der Waals surface area contributed by atoms with E-state index >= 15 is 0 Å². The Morgan fingerprint density at radius 1 is 1.44 bits per heavy atom. The second-order valence-corrected chi connectivity index (χ2v) is 4.40. The molecule has 0 fully saturated rings. The first kappa shape index (κ1) is 14.5. The molecule has 0 aliphatic carbocycles. The third kappa shape index (κ3) is 3.71.